The quantitative estimate of drug-likeness (QED) is 0.336. The van der Waals surface area contributed by atoms with Gasteiger partial charge in [-0.05, 0) is 24.1 Å². The molecule has 5 heteroatoms. The summed E-state index contributed by atoms with van der Waals surface area (Å²) in [6.07, 6.45) is 0.784. The molecule has 0 saturated heterocycles. The Kier molecular flexibility index (Phi) is 5.28. The van der Waals surface area contributed by atoms with Gasteiger partial charge in [0.05, 0.1) is 6.04 Å². The van der Waals surface area contributed by atoms with E-state index in [1.807, 2.05) is 31.2 Å². The molecule has 0 aliphatic carbocycles. The van der Waals surface area contributed by atoms with Crippen molar-refractivity contribution in [3.8, 4) is 0 Å². The first-order valence-electron chi connectivity index (χ1n) is 5.12. The highest BCUT2D eigenvalue weighted by Gasteiger charge is 2.10. The lowest BCUT2D eigenvalue weighted by molar-refractivity contribution is 0.314. The number of benzene rings is 1. The van der Waals surface area contributed by atoms with Crippen LogP contribution in [0.5, 0.6) is 0 Å². The van der Waals surface area contributed by atoms with Crippen LogP contribution >= 0.6 is 15.9 Å². The van der Waals surface area contributed by atoms with Gasteiger partial charge in [-0.25, -0.2) is 0 Å². The third-order valence-corrected chi connectivity index (χ3v) is 2.88. The molecule has 0 aromatic heterocycles. The Morgan fingerprint density at radius 3 is 2.62 bits per heavy atom. The number of halogens is 1. The molecule has 1 atom stereocenters. The van der Waals surface area contributed by atoms with Crippen molar-refractivity contribution in [3.63, 3.8) is 0 Å². The summed E-state index contributed by atoms with van der Waals surface area (Å²) in [7, 11) is 0. The van der Waals surface area contributed by atoms with Gasteiger partial charge in [-0.15, -0.1) is 0 Å². The van der Waals surface area contributed by atoms with Crippen LogP contribution in [0.3, 0.4) is 0 Å². The number of oxime groups is 1. The Morgan fingerprint density at radius 2 is 2.12 bits per heavy atom. The van der Waals surface area contributed by atoms with Crippen LogP contribution in [0.25, 0.3) is 0 Å². The molecular weight excluding hydrogens is 270 g/mol. The molecule has 1 unspecified atom stereocenters. The predicted octanol–water partition coefficient (Wildman–Crippen LogP) is 2.06. The van der Waals surface area contributed by atoms with Crippen LogP contribution in [-0.2, 0) is 6.54 Å². The molecule has 0 radical (unpaired) electrons. The van der Waals surface area contributed by atoms with Crippen molar-refractivity contribution in [2.24, 2.45) is 10.9 Å². The molecule has 1 rings (SSSR count). The molecule has 4 N–H and O–H groups in total. The third kappa shape index (κ3) is 3.83. The van der Waals surface area contributed by atoms with E-state index in [4.69, 9.17) is 10.9 Å². The molecule has 0 fully saturated rings. The van der Waals surface area contributed by atoms with Gasteiger partial charge in [0.15, 0.2) is 5.84 Å². The van der Waals surface area contributed by atoms with E-state index in [1.165, 1.54) is 0 Å². The fourth-order valence-corrected chi connectivity index (χ4v) is 1.64. The summed E-state index contributed by atoms with van der Waals surface area (Å²) in [4.78, 5) is 0. The van der Waals surface area contributed by atoms with Crippen LogP contribution in [0.1, 0.15) is 18.9 Å². The minimum Gasteiger partial charge on any atom is -0.409 e. The van der Waals surface area contributed by atoms with Crippen LogP contribution in [0.2, 0.25) is 0 Å². The van der Waals surface area contributed by atoms with Crippen LogP contribution in [0.4, 0.5) is 0 Å². The summed E-state index contributed by atoms with van der Waals surface area (Å²) in [5, 5.41) is 14.8. The van der Waals surface area contributed by atoms with Crippen molar-refractivity contribution in [2.45, 2.75) is 25.9 Å². The largest absolute Gasteiger partial charge is 0.409 e. The summed E-state index contributed by atoms with van der Waals surface area (Å²) in [6.45, 7) is 2.68. The zero-order chi connectivity index (χ0) is 12.0. The first-order valence-corrected chi connectivity index (χ1v) is 5.92. The molecule has 4 nitrogen and oxygen atoms in total. The lowest BCUT2D eigenvalue weighted by Crippen LogP contribution is -2.40. The van der Waals surface area contributed by atoms with Crippen LogP contribution in [0.15, 0.2) is 33.9 Å². The highest BCUT2D eigenvalue weighted by atomic mass is 79.9. The second kappa shape index (κ2) is 6.50. The van der Waals surface area contributed by atoms with Gasteiger partial charge in [0.1, 0.15) is 0 Å². The molecule has 0 aliphatic rings. The second-order valence-electron chi connectivity index (χ2n) is 3.49. The van der Waals surface area contributed by atoms with E-state index in [0.717, 1.165) is 16.5 Å². The standard InChI is InChI=1S/C11H16BrN3O/c1-2-10(11(13)15-16)14-7-8-3-5-9(12)6-4-8/h3-6,10,14,16H,2,7H2,1H3,(H2,13,15). The minimum absolute atomic E-state index is 0.0892. The average molecular weight is 286 g/mol. The lowest BCUT2D eigenvalue weighted by atomic mass is 10.1. The number of hydrogen-bond acceptors (Lipinski definition) is 3. The maximum absolute atomic E-state index is 8.59. The molecule has 0 amide bonds. The molecular formula is C11H16BrN3O. The fourth-order valence-electron chi connectivity index (χ4n) is 1.37. The summed E-state index contributed by atoms with van der Waals surface area (Å²) in [6, 6.07) is 7.93. The molecule has 1 aromatic carbocycles. The SMILES string of the molecule is CCC(NCc1ccc(Br)cc1)C(N)=NO. The predicted molar refractivity (Wildman–Crippen MR) is 68.5 cm³/mol. The van der Waals surface area contributed by atoms with Crippen molar-refractivity contribution < 1.29 is 5.21 Å². The first-order chi connectivity index (χ1) is 7.67. The fraction of sp³-hybridized carbons (Fsp3) is 0.364. The molecule has 0 bridgehead atoms. The molecule has 1 aromatic rings. The Bertz CT molecular complexity index is 351. The van der Waals surface area contributed by atoms with E-state index in [-0.39, 0.29) is 11.9 Å². The topological polar surface area (TPSA) is 70.6 Å². The van der Waals surface area contributed by atoms with E-state index < -0.39 is 0 Å². The second-order valence-corrected chi connectivity index (χ2v) is 4.41. The van der Waals surface area contributed by atoms with Crippen molar-refractivity contribution in [1.82, 2.24) is 5.32 Å². The van der Waals surface area contributed by atoms with Gasteiger partial charge in [-0.3, -0.25) is 0 Å². The first kappa shape index (κ1) is 13.0. The summed E-state index contributed by atoms with van der Waals surface area (Å²) in [5.74, 6) is 0.222. The lowest BCUT2D eigenvalue weighted by Gasteiger charge is -2.15. The summed E-state index contributed by atoms with van der Waals surface area (Å²) in [5.41, 5.74) is 6.71. The van der Waals surface area contributed by atoms with Gasteiger partial charge < -0.3 is 16.3 Å². The van der Waals surface area contributed by atoms with Gasteiger partial charge in [-0.1, -0.05) is 40.1 Å². The maximum atomic E-state index is 8.59. The Balaban J connectivity index is 2.53. The van der Waals surface area contributed by atoms with Crippen LogP contribution in [0, 0.1) is 0 Å². The molecule has 0 aliphatic heterocycles. The van der Waals surface area contributed by atoms with Crippen molar-refractivity contribution >= 4 is 21.8 Å². The zero-order valence-corrected chi connectivity index (χ0v) is 10.7. The molecule has 0 saturated carbocycles. The normalized spacial score (nSPS) is 13.8. The smallest absolute Gasteiger partial charge is 0.156 e. The number of nitrogens with zero attached hydrogens (tertiary/aromatic N) is 1. The van der Waals surface area contributed by atoms with Crippen molar-refractivity contribution in [3.05, 3.63) is 34.3 Å². The van der Waals surface area contributed by atoms with Crippen molar-refractivity contribution in [2.75, 3.05) is 0 Å². The van der Waals surface area contributed by atoms with Crippen LogP contribution in [-0.4, -0.2) is 17.1 Å². The number of nitrogens with one attached hydrogen (secondary N) is 1. The summed E-state index contributed by atoms with van der Waals surface area (Å²) < 4.78 is 1.06. The third-order valence-electron chi connectivity index (χ3n) is 2.35. The highest BCUT2D eigenvalue weighted by molar-refractivity contribution is 9.10. The van der Waals surface area contributed by atoms with E-state index in [9.17, 15) is 0 Å². The van der Waals surface area contributed by atoms with Gasteiger partial charge in [0.25, 0.3) is 0 Å². The van der Waals surface area contributed by atoms with E-state index >= 15 is 0 Å². The van der Waals surface area contributed by atoms with E-state index in [1.54, 1.807) is 0 Å². The van der Waals surface area contributed by atoms with E-state index in [2.05, 4.69) is 26.4 Å². The van der Waals surface area contributed by atoms with Gasteiger partial charge in [-0.2, -0.15) is 0 Å². The Morgan fingerprint density at radius 1 is 1.50 bits per heavy atom. The van der Waals surface area contributed by atoms with Gasteiger partial charge in [0.2, 0.25) is 0 Å². The van der Waals surface area contributed by atoms with Crippen molar-refractivity contribution in [1.29, 1.82) is 0 Å². The number of amidine groups is 1. The monoisotopic (exact) mass is 285 g/mol. The zero-order valence-electron chi connectivity index (χ0n) is 9.15. The number of nitrogens with two attached hydrogens (primary N) is 1. The molecule has 0 spiro atoms. The molecule has 0 heterocycles. The Hall–Kier alpha value is -1.07. The van der Waals surface area contributed by atoms with Gasteiger partial charge >= 0.3 is 0 Å². The summed E-state index contributed by atoms with van der Waals surface area (Å²) >= 11 is 3.38. The highest BCUT2D eigenvalue weighted by Crippen LogP contribution is 2.10. The number of rotatable bonds is 5. The minimum atomic E-state index is -0.0892. The molecule has 16 heavy (non-hydrogen) atoms. The number of hydrogen-bond donors (Lipinski definition) is 3. The average Bonchev–Trinajstić information content (AvgIpc) is 2.31. The van der Waals surface area contributed by atoms with Gasteiger partial charge in [0, 0.05) is 11.0 Å². The van der Waals surface area contributed by atoms with Crippen LogP contribution < -0.4 is 11.1 Å². The maximum Gasteiger partial charge on any atom is 0.156 e. The molecule has 88 valence electrons. The Labute approximate surface area is 104 Å². The van der Waals surface area contributed by atoms with E-state index in [0.29, 0.717) is 6.54 Å².